The maximum Gasteiger partial charge on any atom is 0.103 e. The molecule has 0 N–H and O–H groups in total. The van der Waals surface area contributed by atoms with Gasteiger partial charge in [-0.15, -0.1) is 0 Å². The molecule has 0 radical (unpaired) electrons. The number of hydrogen-bond acceptors (Lipinski definition) is 0. The van der Waals surface area contributed by atoms with E-state index in [9.17, 15) is 4.39 Å². The van der Waals surface area contributed by atoms with E-state index in [1.54, 1.807) is 0 Å². The lowest BCUT2D eigenvalue weighted by Gasteiger charge is -2.28. The van der Waals surface area contributed by atoms with Gasteiger partial charge in [-0.1, -0.05) is 39.8 Å². The highest BCUT2D eigenvalue weighted by molar-refractivity contribution is 4.90. The molecule has 1 rings (SSSR count). The Bertz CT molecular complexity index is 219. The van der Waals surface area contributed by atoms with Gasteiger partial charge in [0.15, 0.2) is 0 Å². The fourth-order valence-electron chi connectivity index (χ4n) is 2.68. The number of alkyl halides is 1. The highest BCUT2D eigenvalue weighted by atomic mass is 19.1. The minimum absolute atomic E-state index is 0.261. The molecular weight excluding hydrogens is 199 g/mol. The summed E-state index contributed by atoms with van der Waals surface area (Å²) < 4.78 is 14.2. The first kappa shape index (κ1) is 13.7. The summed E-state index contributed by atoms with van der Waals surface area (Å²) >= 11 is 0. The molecule has 0 aliphatic heterocycles. The SMILES string of the molecule is CC(C)[C@@H]1CC[C@@H](C)C=CC[C@H](C)CC1F. The summed E-state index contributed by atoms with van der Waals surface area (Å²) in [5.74, 6) is 1.82. The molecule has 94 valence electrons. The van der Waals surface area contributed by atoms with E-state index in [1.165, 1.54) is 0 Å². The average Bonchev–Trinajstić information content (AvgIpc) is 2.16. The van der Waals surface area contributed by atoms with Crippen LogP contribution in [0.1, 0.15) is 53.4 Å². The second kappa shape index (κ2) is 6.42. The summed E-state index contributed by atoms with van der Waals surface area (Å²) in [6.45, 7) is 8.73. The molecule has 0 aromatic carbocycles. The Balaban J connectivity index is 2.69. The van der Waals surface area contributed by atoms with E-state index in [0.717, 1.165) is 25.7 Å². The van der Waals surface area contributed by atoms with Crippen LogP contribution >= 0.6 is 0 Å². The molecular formula is C15H27F. The number of hydrogen-bond donors (Lipinski definition) is 0. The molecule has 0 bridgehead atoms. The molecule has 4 atom stereocenters. The van der Waals surface area contributed by atoms with Gasteiger partial charge in [-0.05, 0) is 49.4 Å². The Morgan fingerprint density at radius 3 is 2.50 bits per heavy atom. The fourth-order valence-corrected chi connectivity index (χ4v) is 2.68. The van der Waals surface area contributed by atoms with E-state index in [-0.39, 0.29) is 5.92 Å². The predicted molar refractivity (Wildman–Crippen MR) is 69.2 cm³/mol. The van der Waals surface area contributed by atoms with Crippen LogP contribution in [0.5, 0.6) is 0 Å². The zero-order chi connectivity index (χ0) is 12.1. The second-order valence-corrected chi connectivity index (χ2v) is 5.98. The van der Waals surface area contributed by atoms with Gasteiger partial charge < -0.3 is 0 Å². The van der Waals surface area contributed by atoms with Crippen LogP contribution in [0.3, 0.4) is 0 Å². The van der Waals surface area contributed by atoms with Gasteiger partial charge >= 0.3 is 0 Å². The van der Waals surface area contributed by atoms with E-state index in [4.69, 9.17) is 0 Å². The first-order valence-electron chi connectivity index (χ1n) is 6.81. The summed E-state index contributed by atoms with van der Waals surface area (Å²) in [6, 6.07) is 0. The van der Waals surface area contributed by atoms with Crippen LogP contribution in [0.4, 0.5) is 4.39 Å². The molecule has 1 heteroatoms. The average molecular weight is 226 g/mol. The van der Waals surface area contributed by atoms with Gasteiger partial charge in [0.1, 0.15) is 6.17 Å². The molecule has 0 aromatic rings. The summed E-state index contributed by atoms with van der Waals surface area (Å²) in [5.41, 5.74) is 0. The van der Waals surface area contributed by atoms with Gasteiger partial charge in [-0.3, -0.25) is 0 Å². The third-order valence-electron chi connectivity index (χ3n) is 3.91. The van der Waals surface area contributed by atoms with Gasteiger partial charge in [0, 0.05) is 0 Å². The Morgan fingerprint density at radius 2 is 1.88 bits per heavy atom. The van der Waals surface area contributed by atoms with Crippen molar-refractivity contribution in [3.05, 3.63) is 12.2 Å². The maximum atomic E-state index is 14.2. The van der Waals surface area contributed by atoms with Gasteiger partial charge in [-0.25, -0.2) is 4.39 Å². The second-order valence-electron chi connectivity index (χ2n) is 5.98. The van der Waals surface area contributed by atoms with Crippen LogP contribution in [-0.2, 0) is 0 Å². The monoisotopic (exact) mass is 226 g/mol. The highest BCUT2D eigenvalue weighted by Crippen LogP contribution is 2.31. The quantitative estimate of drug-likeness (QED) is 0.552. The van der Waals surface area contributed by atoms with Gasteiger partial charge in [0.25, 0.3) is 0 Å². The van der Waals surface area contributed by atoms with Crippen molar-refractivity contribution in [3.63, 3.8) is 0 Å². The Kier molecular flexibility index (Phi) is 5.51. The highest BCUT2D eigenvalue weighted by Gasteiger charge is 2.26. The van der Waals surface area contributed by atoms with E-state index in [0.29, 0.717) is 17.8 Å². The number of allylic oxidation sites excluding steroid dienone is 2. The largest absolute Gasteiger partial charge is 0.247 e. The maximum absolute atomic E-state index is 14.2. The van der Waals surface area contributed by atoms with Crippen LogP contribution < -0.4 is 0 Å². The number of halogens is 1. The zero-order valence-corrected chi connectivity index (χ0v) is 11.2. The lowest BCUT2D eigenvalue weighted by atomic mass is 9.80. The third-order valence-corrected chi connectivity index (χ3v) is 3.91. The van der Waals surface area contributed by atoms with Crippen LogP contribution in [0.15, 0.2) is 12.2 Å². The van der Waals surface area contributed by atoms with Crippen molar-refractivity contribution in [2.24, 2.45) is 23.7 Å². The molecule has 0 heterocycles. The lowest BCUT2D eigenvalue weighted by Crippen LogP contribution is -2.24. The smallest absolute Gasteiger partial charge is 0.103 e. The van der Waals surface area contributed by atoms with Crippen LogP contribution in [0.2, 0.25) is 0 Å². The summed E-state index contributed by atoms with van der Waals surface area (Å²) in [5, 5.41) is 0. The summed E-state index contributed by atoms with van der Waals surface area (Å²) in [4.78, 5) is 0. The topological polar surface area (TPSA) is 0 Å². The van der Waals surface area contributed by atoms with Crippen LogP contribution in [0, 0.1) is 23.7 Å². The van der Waals surface area contributed by atoms with Gasteiger partial charge in [0.2, 0.25) is 0 Å². The summed E-state index contributed by atoms with van der Waals surface area (Å²) in [7, 11) is 0. The van der Waals surface area contributed by atoms with Crippen molar-refractivity contribution in [1.29, 1.82) is 0 Å². The van der Waals surface area contributed by atoms with E-state index >= 15 is 0 Å². The Morgan fingerprint density at radius 1 is 1.19 bits per heavy atom. The number of rotatable bonds is 1. The van der Waals surface area contributed by atoms with E-state index in [1.807, 2.05) is 0 Å². The van der Waals surface area contributed by atoms with Gasteiger partial charge in [0.05, 0.1) is 0 Å². The molecule has 0 saturated carbocycles. The predicted octanol–water partition coefficient (Wildman–Crippen LogP) is 5.00. The van der Waals surface area contributed by atoms with Crippen molar-refractivity contribution in [2.45, 2.75) is 59.5 Å². The molecule has 0 fully saturated rings. The molecule has 0 spiro atoms. The third kappa shape index (κ3) is 4.27. The van der Waals surface area contributed by atoms with Gasteiger partial charge in [-0.2, -0.15) is 0 Å². The molecule has 1 aliphatic carbocycles. The first-order valence-corrected chi connectivity index (χ1v) is 6.81. The van der Waals surface area contributed by atoms with Crippen molar-refractivity contribution < 1.29 is 4.39 Å². The summed E-state index contributed by atoms with van der Waals surface area (Å²) in [6.07, 6.45) is 7.90. The molecule has 16 heavy (non-hydrogen) atoms. The van der Waals surface area contributed by atoms with Crippen molar-refractivity contribution >= 4 is 0 Å². The Hall–Kier alpha value is -0.330. The molecule has 1 unspecified atom stereocenters. The molecule has 0 nitrogen and oxygen atoms in total. The van der Waals surface area contributed by atoms with E-state index in [2.05, 4.69) is 39.8 Å². The molecule has 0 amide bonds. The van der Waals surface area contributed by atoms with Crippen molar-refractivity contribution in [2.75, 3.05) is 0 Å². The molecule has 1 aliphatic rings. The first-order chi connectivity index (χ1) is 7.50. The van der Waals surface area contributed by atoms with Crippen molar-refractivity contribution in [1.82, 2.24) is 0 Å². The molecule has 0 saturated heterocycles. The minimum atomic E-state index is -0.603. The van der Waals surface area contributed by atoms with Crippen molar-refractivity contribution in [3.8, 4) is 0 Å². The Labute approximate surface area is 100 Å². The molecule has 0 aromatic heterocycles. The van der Waals surface area contributed by atoms with Crippen LogP contribution in [-0.4, -0.2) is 6.17 Å². The standard InChI is InChI=1S/C15H27F/c1-11(2)14-9-8-12(3)6-5-7-13(4)10-15(14)16/h5-6,11-15H,7-10H2,1-4H3/t12-,13-,14-,15?/m0/s1. The van der Waals surface area contributed by atoms with Crippen LogP contribution in [0.25, 0.3) is 0 Å². The normalized spacial score (nSPS) is 37.6. The lowest BCUT2D eigenvalue weighted by molar-refractivity contribution is 0.137. The zero-order valence-electron chi connectivity index (χ0n) is 11.2. The van der Waals surface area contributed by atoms with E-state index < -0.39 is 6.17 Å². The fraction of sp³-hybridized carbons (Fsp3) is 0.867. The minimum Gasteiger partial charge on any atom is -0.247 e.